The van der Waals surface area contributed by atoms with Crippen molar-refractivity contribution in [1.82, 2.24) is 0 Å². The molecule has 92 valence electrons. The van der Waals surface area contributed by atoms with Crippen LogP contribution in [0.1, 0.15) is 17.3 Å². The first-order valence-corrected chi connectivity index (χ1v) is 5.09. The zero-order valence-corrected chi connectivity index (χ0v) is 9.60. The number of hydrogen-bond acceptors (Lipinski definition) is 4. The molecule has 1 unspecified atom stereocenters. The molecule has 0 radical (unpaired) electrons. The molecule has 1 aromatic rings. The Kier molecular flexibility index (Phi) is 4.63. The number of Topliss-reactive ketones (excluding diaryl/α,β-unsaturated/α-hetero) is 1. The van der Waals surface area contributed by atoms with Crippen molar-refractivity contribution in [2.24, 2.45) is 0 Å². The molecule has 0 amide bonds. The number of benzene rings is 1. The van der Waals surface area contributed by atoms with Crippen molar-refractivity contribution in [1.29, 1.82) is 0 Å². The minimum atomic E-state index is -2.27. The van der Waals surface area contributed by atoms with E-state index < -0.39 is 17.9 Å². The number of methoxy groups -OCH3 is 1. The van der Waals surface area contributed by atoms with Gasteiger partial charge in [0.1, 0.15) is 5.75 Å². The van der Waals surface area contributed by atoms with E-state index in [2.05, 4.69) is 4.74 Å². The zero-order chi connectivity index (χ0) is 12.8. The molecule has 0 N–H and O–H groups in total. The number of hydrogen-bond donors (Lipinski definition) is 0. The Morgan fingerprint density at radius 2 is 1.88 bits per heavy atom. The average Bonchev–Trinajstić information content (AvgIpc) is 2.37. The van der Waals surface area contributed by atoms with Crippen LogP contribution in [0, 0.1) is 0 Å². The maximum atomic E-state index is 13.4. The number of rotatable bonds is 5. The number of carbonyl (C=O) groups is 2. The van der Waals surface area contributed by atoms with Crippen molar-refractivity contribution in [3.8, 4) is 5.75 Å². The second-order valence-corrected chi connectivity index (χ2v) is 3.21. The molecule has 0 bridgehead atoms. The molecular weight excluding hydrogens is 227 g/mol. The topological polar surface area (TPSA) is 52.6 Å². The van der Waals surface area contributed by atoms with Crippen LogP contribution in [0.15, 0.2) is 24.3 Å². The Balaban J connectivity index is 2.77. The Morgan fingerprint density at radius 3 is 2.35 bits per heavy atom. The van der Waals surface area contributed by atoms with Crippen molar-refractivity contribution in [2.75, 3.05) is 13.7 Å². The van der Waals surface area contributed by atoms with Crippen LogP contribution in [-0.2, 0) is 9.53 Å². The lowest BCUT2D eigenvalue weighted by atomic mass is 10.1. The molecule has 0 aliphatic rings. The van der Waals surface area contributed by atoms with Crippen molar-refractivity contribution in [3.63, 3.8) is 0 Å². The highest BCUT2D eigenvalue weighted by Gasteiger charge is 2.28. The first-order chi connectivity index (χ1) is 8.10. The summed E-state index contributed by atoms with van der Waals surface area (Å²) in [4.78, 5) is 22.6. The molecule has 1 atom stereocenters. The number of esters is 1. The molecule has 0 aromatic heterocycles. The molecule has 0 spiro atoms. The molecule has 4 nitrogen and oxygen atoms in total. The van der Waals surface area contributed by atoms with E-state index in [0.29, 0.717) is 5.75 Å². The molecule has 1 rings (SSSR count). The predicted molar refractivity (Wildman–Crippen MR) is 58.9 cm³/mol. The van der Waals surface area contributed by atoms with Crippen LogP contribution >= 0.6 is 0 Å². The van der Waals surface area contributed by atoms with E-state index in [1.165, 1.54) is 31.4 Å². The van der Waals surface area contributed by atoms with Gasteiger partial charge in [-0.25, -0.2) is 9.18 Å². The standard InChI is InChI=1S/C12H13FO4/c1-3-17-12(15)10(13)11(14)8-4-6-9(16-2)7-5-8/h4-7,10H,3H2,1-2H3. The Labute approximate surface area is 98.3 Å². The molecule has 0 saturated carbocycles. The van der Waals surface area contributed by atoms with Crippen LogP contribution in [0.3, 0.4) is 0 Å². The molecule has 0 fully saturated rings. The van der Waals surface area contributed by atoms with Crippen LogP contribution < -0.4 is 4.74 Å². The van der Waals surface area contributed by atoms with Crippen molar-refractivity contribution < 1.29 is 23.5 Å². The second-order valence-electron chi connectivity index (χ2n) is 3.21. The maximum absolute atomic E-state index is 13.4. The van der Waals surface area contributed by atoms with Crippen LogP contribution in [0.4, 0.5) is 4.39 Å². The fourth-order valence-corrected chi connectivity index (χ4v) is 1.22. The highest BCUT2D eigenvalue weighted by atomic mass is 19.1. The Bertz CT molecular complexity index is 399. The molecular formula is C12H13FO4. The van der Waals surface area contributed by atoms with E-state index in [1.807, 2.05) is 0 Å². The van der Waals surface area contributed by atoms with Crippen LogP contribution in [-0.4, -0.2) is 31.6 Å². The Morgan fingerprint density at radius 1 is 1.29 bits per heavy atom. The van der Waals surface area contributed by atoms with Crippen molar-refractivity contribution >= 4 is 11.8 Å². The van der Waals surface area contributed by atoms with Gasteiger partial charge in [0.05, 0.1) is 13.7 Å². The van der Waals surface area contributed by atoms with E-state index in [9.17, 15) is 14.0 Å². The minimum Gasteiger partial charge on any atom is -0.497 e. The number of halogens is 1. The summed E-state index contributed by atoms with van der Waals surface area (Å²) in [6, 6.07) is 5.83. The SMILES string of the molecule is CCOC(=O)C(F)C(=O)c1ccc(OC)cc1. The van der Waals surface area contributed by atoms with Crippen LogP contribution in [0.5, 0.6) is 5.75 Å². The van der Waals surface area contributed by atoms with Crippen molar-refractivity contribution in [2.45, 2.75) is 13.1 Å². The third-order valence-corrected chi connectivity index (χ3v) is 2.10. The third-order valence-electron chi connectivity index (χ3n) is 2.10. The quantitative estimate of drug-likeness (QED) is 0.447. The Hall–Kier alpha value is -1.91. The first-order valence-electron chi connectivity index (χ1n) is 5.09. The summed E-state index contributed by atoms with van der Waals surface area (Å²) < 4.78 is 22.7. The molecule has 0 aliphatic heterocycles. The summed E-state index contributed by atoms with van der Waals surface area (Å²) in [5.74, 6) is -1.52. The lowest BCUT2D eigenvalue weighted by Gasteiger charge is -2.07. The van der Waals surface area contributed by atoms with Gasteiger partial charge in [-0.05, 0) is 31.2 Å². The highest BCUT2D eigenvalue weighted by Crippen LogP contribution is 2.14. The lowest BCUT2D eigenvalue weighted by molar-refractivity contribution is -0.147. The largest absolute Gasteiger partial charge is 0.497 e. The summed E-state index contributed by atoms with van der Waals surface area (Å²) >= 11 is 0. The molecule has 0 heterocycles. The highest BCUT2D eigenvalue weighted by molar-refractivity contribution is 6.11. The maximum Gasteiger partial charge on any atom is 0.348 e. The third kappa shape index (κ3) is 3.27. The zero-order valence-electron chi connectivity index (χ0n) is 9.60. The fraction of sp³-hybridized carbons (Fsp3) is 0.333. The summed E-state index contributed by atoms with van der Waals surface area (Å²) in [6.45, 7) is 1.58. The molecule has 0 saturated heterocycles. The molecule has 0 aliphatic carbocycles. The van der Waals surface area contributed by atoms with Gasteiger partial charge < -0.3 is 9.47 Å². The number of alkyl halides is 1. The number of ketones is 1. The first kappa shape index (κ1) is 13.2. The van der Waals surface area contributed by atoms with E-state index in [4.69, 9.17) is 4.74 Å². The minimum absolute atomic E-state index is 0.0369. The van der Waals surface area contributed by atoms with Gasteiger partial charge in [0, 0.05) is 5.56 Å². The van der Waals surface area contributed by atoms with Gasteiger partial charge in [0.15, 0.2) is 0 Å². The molecule has 17 heavy (non-hydrogen) atoms. The molecule has 5 heteroatoms. The fourth-order valence-electron chi connectivity index (χ4n) is 1.22. The van der Waals surface area contributed by atoms with E-state index >= 15 is 0 Å². The second kappa shape index (κ2) is 5.98. The summed E-state index contributed by atoms with van der Waals surface area (Å²) in [5, 5.41) is 0. The van der Waals surface area contributed by atoms with E-state index in [-0.39, 0.29) is 12.2 Å². The van der Waals surface area contributed by atoms with Crippen LogP contribution in [0.25, 0.3) is 0 Å². The van der Waals surface area contributed by atoms with E-state index in [1.54, 1.807) is 6.92 Å². The summed E-state index contributed by atoms with van der Waals surface area (Å²) in [7, 11) is 1.48. The monoisotopic (exact) mass is 240 g/mol. The van der Waals surface area contributed by atoms with Gasteiger partial charge in [0.25, 0.3) is 6.17 Å². The molecule has 1 aromatic carbocycles. The van der Waals surface area contributed by atoms with Gasteiger partial charge in [-0.1, -0.05) is 0 Å². The summed E-state index contributed by atoms with van der Waals surface area (Å²) in [5.41, 5.74) is 0.103. The smallest absolute Gasteiger partial charge is 0.348 e. The van der Waals surface area contributed by atoms with Crippen molar-refractivity contribution in [3.05, 3.63) is 29.8 Å². The van der Waals surface area contributed by atoms with Crippen LogP contribution in [0.2, 0.25) is 0 Å². The number of carbonyl (C=O) groups excluding carboxylic acids is 2. The lowest BCUT2D eigenvalue weighted by Crippen LogP contribution is -2.27. The average molecular weight is 240 g/mol. The van der Waals surface area contributed by atoms with Gasteiger partial charge >= 0.3 is 5.97 Å². The van der Waals surface area contributed by atoms with Gasteiger partial charge in [-0.15, -0.1) is 0 Å². The predicted octanol–water partition coefficient (Wildman–Crippen LogP) is 1.78. The van der Waals surface area contributed by atoms with Gasteiger partial charge in [-0.3, -0.25) is 4.79 Å². The number of ether oxygens (including phenoxy) is 2. The van der Waals surface area contributed by atoms with Gasteiger partial charge in [0.2, 0.25) is 5.78 Å². The summed E-state index contributed by atoms with van der Waals surface area (Å²) in [6.07, 6.45) is -2.27. The van der Waals surface area contributed by atoms with E-state index in [0.717, 1.165) is 0 Å². The van der Waals surface area contributed by atoms with Gasteiger partial charge in [-0.2, -0.15) is 0 Å². The normalized spacial score (nSPS) is 11.7.